The second-order valence-electron chi connectivity index (χ2n) is 6.92. The number of para-hydroxylation sites is 2. The van der Waals surface area contributed by atoms with Gasteiger partial charge in [-0.3, -0.25) is 34.3 Å². The van der Waals surface area contributed by atoms with E-state index in [2.05, 4.69) is 0 Å². The van der Waals surface area contributed by atoms with Gasteiger partial charge in [0.05, 0.1) is 21.9 Å². The van der Waals surface area contributed by atoms with Crippen LogP contribution in [0.2, 0.25) is 0 Å². The Hall–Kier alpha value is -3.98. The number of nitro benzene ring substituents is 1. The highest BCUT2D eigenvalue weighted by molar-refractivity contribution is 7.99. The lowest BCUT2D eigenvalue weighted by atomic mass is 10.1. The Labute approximate surface area is 180 Å². The van der Waals surface area contributed by atoms with Crippen molar-refractivity contribution in [3.05, 3.63) is 88.0 Å². The van der Waals surface area contributed by atoms with Gasteiger partial charge in [-0.2, -0.15) is 0 Å². The molecule has 3 aromatic carbocycles. The van der Waals surface area contributed by atoms with Crippen molar-refractivity contribution in [1.82, 2.24) is 4.90 Å². The van der Waals surface area contributed by atoms with E-state index in [-0.39, 0.29) is 11.1 Å². The van der Waals surface area contributed by atoms with Gasteiger partial charge in [0.1, 0.15) is 12.1 Å². The number of hydrogen-bond donors (Lipinski definition) is 0. The van der Waals surface area contributed by atoms with E-state index < -0.39 is 34.9 Å². The summed E-state index contributed by atoms with van der Waals surface area (Å²) in [5, 5.41) is 11.3. The fraction of sp³-hybridized carbons (Fsp3) is 0.0455. The van der Waals surface area contributed by atoms with Crippen LogP contribution < -0.4 is 4.90 Å². The summed E-state index contributed by atoms with van der Waals surface area (Å²) in [6, 6.07) is 18.6. The maximum Gasteiger partial charge on any atom is 0.282 e. The summed E-state index contributed by atoms with van der Waals surface area (Å²) in [6.07, 6.45) is 0. The molecule has 0 spiro atoms. The van der Waals surface area contributed by atoms with Gasteiger partial charge in [-0.25, -0.2) is 0 Å². The Bertz CT molecular complexity index is 1260. The second kappa shape index (κ2) is 7.06. The predicted molar refractivity (Wildman–Crippen MR) is 113 cm³/mol. The monoisotopic (exact) mass is 431 g/mol. The quantitative estimate of drug-likeness (QED) is 0.353. The van der Waals surface area contributed by atoms with E-state index in [4.69, 9.17) is 0 Å². The number of rotatable bonds is 3. The largest absolute Gasteiger partial charge is 0.282 e. The van der Waals surface area contributed by atoms with E-state index in [1.807, 2.05) is 24.3 Å². The molecule has 0 saturated carbocycles. The van der Waals surface area contributed by atoms with Crippen molar-refractivity contribution in [1.29, 1.82) is 0 Å². The lowest BCUT2D eigenvalue weighted by molar-refractivity contribution is -0.385. The molecule has 0 unspecified atom stereocenters. The molecule has 9 heteroatoms. The van der Waals surface area contributed by atoms with E-state index >= 15 is 0 Å². The average molecular weight is 431 g/mol. The normalized spacial score (nSPS) is 14.2. The first-order chi connectivity index (χ1) is 15.0. The van der Waals surface area contributed by atoms with Gasteiger partial charge >= 0.3 is 0 Å². The first-order valence-corrected chi connectivity index (χ1v) is 10.1. The Morgan fingerprint density at radius 2 is 1.48 bits per heavy atom. The van der Waals surface area contributed by atoms with Crippen molar-refractivity contribution in [2.24, 2.45) is 0 Å². The summed E-state index contributed by atoms with van der Waals surface area (Å²) >= 11 is 1.53. The molecule has 0 N–H and O–H groups in total. The lowest BCUT2D eigenvalue weighted by Gasteiger charge is -2.31. The fourth-order valence-corrected chi connectivity index (χ4v) is 4.85. The summed E-state index contributed by atoms with van der Waals surface area (Å²) in [5.41, 5.74) is 0.510. The Morgan fingerprint density at radius 1 is 0.871 bits per heavy atom. The van der Waals surface area contributed by atoms with Crippen LogP contribution in [-0.2, 0) is 4.79 Å². The molecule has 3 aromatic rings. The highest BCUT2D eigenvalue weighted by Crippen LogP contribution is 2.48. The third-order valence-corrected chi connectivity index (χ3v) is 6.28. The van der Waals surface area contributed by atoms with Crippen LogP contribution in [0, 0.1) is 10.1 Å². The molecule has 0 radical (unpaired) electrons. The number of amides is 3. The molecule has 0 aliphatic carbocycles. The molecule has 31 heavy (non-hydrogen) atoms. The molecule has 0 fully saturated rings. The number of carbonyl (C=O) groups is 3. The van der Waals surface area contributed by atoms with Crippen LogP contribution >= 0.6 is 11.8 Å². The third-order valence-electron chi connectivity index (χ3n) is 5.15. The van der Waals surface area contributed by atoms with E-state index in [1.54, 1.807) is 24.3 Å². The number of hydrogen-bond acceptors (Lipinski definition) is 6. The van der Waals surface area contributed by atoms with Crippen LogP contribution in [0.4, 0.5) is 17.1 Å². The molecule has 152 valence electrons. The zero-order valence-corrected chi connectivity index (χ0v) is 16.7. The van der Waals surface area contributed by atoms with Crippen molar-refractivity contribution >= 4 is 46.5 Å². The number of fused-ring (bicyclic) bond motifs is 3. The number of benzene rings is 3. The molecule has 0 saturated heterocycles. The van der Waals surface area contributed by atoms with Gasteiger partial charge in [0.15, 0.2) is 0 Å². The zero-order valence-electron chi connectivity index (χ0n) is 15.8. The molecule has 5 rings (SSSR count). The molecule has 2 aliphatic rings. The van der Waals surface area contributed by atoms with Gasteiger partial charge in [-0.1, -0.05) is 42.1 Å². The molecule has 8 nitrogen and oxygen atoms in total. The van der Waals surface area contributed by atoms with Crippen LogP contribution in [0.1, 0.15) is 20.7 Å². The molecule has 0 aromatic heterocycles. The number of carbonyl (C=O) groups excluding carboxylic acids is 3. The van der Waals surface area contributed by atoms with Gasteiger partial charge in [0.25, 0.3) is 23.4 Å². The number of nitrogens with zero attached hydrogens (tertiary/aromatic N) is 3. The van der Waals surface area contributed by atoms with Crippen molar-refractivity contribution < 1.29 is 19.3 Å². The van der Waals surface area contributed by atoms with Crippen molar-refractivity contribution in [2.75, 3.05) is 11.4 Å². The fourth-order valence-electron chi connectivity index (χ4n) is 3.79. The minimum Gasteiger partial charge on any atom is -0.277 e. The summed E-state index contributed by atoms with van der Waals surface area (Å²) < 4.78 is 0. The average Bonchev–Trinajstić information content (AvgIpc) is 3.02. The SMILES string of the molecule is O=C1c2cccc([N+](=O)[O-])c2C(=O)N1CC(=O)N1c2ccccc2Sc2ccccc21. The van der Waals surface area contributed by atoms with Gasteiger partial charge in [-0.15, -0.1) is 0 Å². The summed E-state index contributed by atoms with van der Waals surface area (Å²) in [7, 11) is 0. The molecule has 2 heterocycles. The van der Waals surface area contributed by atoms with Gasteiger partial charge in [0, 0.05) is 15.9 Å². The van der Waals surface area contributed by atoms with Gasteiger partial charge in [0.2, 0.25) is 0 Å². The van der Waals surface area contributed by atoms with E-state index in [1.165, 1.54) is 34.9 Å². The first kappa shape index (κ1) is 19.0. The molecule has 0 atom stereocenters. The van der Waals surface area contributed by atoms with Crippen LogP contribution in [-0.4, -0.2) is 34.1 Å². The first-order valence-electron chi connectivity index (χ1n) is 9.30. The minimum atomic E-state index is -0.839. The highest BCUT2D eigenvalue weighted by Gasteiger charge is 2.42. The molecular weight excluding hydrogens is 418 g/mol. The van der Waals surface area contributed by atoms with Crippen molar-refractivity contribution in [3.8, 4) is 0 Å². The van der Waals surface area contributed by atoms with Crippen LogP contribution in [0.25, 0.3) is 0 Å². The van der Waals surface area contributed by atoms with Gasteiger partial charge in [-0.05, 0) is 30.3 Å². The summed E-state index contributed by atoms with van der Waals surface area (Å²) in [6.45, 7) is -0.531. The van der Waals surface area contributed by atoms with Crippen molar-refractivity contribution in [2.45, 2.75) is 9.79 Å². The van der Waals surface area contributed by atoms with Crippen LogP contribution in [0.3, 0.4) is 0 Å². The van der Waals surface area contributed by atoms with E-state index in [0.29, 0.717) is 11.4 Å². The second-order valence-corrected chi connectivity index (χ2v) is 8.00. The van der Waals surface area contributed by atoms with E-state index in [9.17, 15) is 24.5 Å². The molecule has 0 bridgehead atoms. The zero-order chi connectivity index (χ0) is 21.7. The van der Waals surface area contributed by atoms with Crippen molar-refractivity contribution in [3.63, 3.8) is 0 Å². The Balaban J connectivity index is 1.52. The summed E-state index contributed by atoms with van der Waals surface area (Å²) in [5.74, 6) is -2.05. The van der Waals surface area contributed by atoms with Crippen LogP contribution in [0.5, 0.6) is 0 Å². The topological polar surface area (TPSA) is 101 Å². The number of nitro groups is 1. The Morgan fingerprint density at radius 3 is 2.10 bits per heavy atom. The lowest BCUT2D eigenvalue weighted by Crippen LogP contribution is -2.41. The molecular formula is C22H13N3O5S. The maximum absolute atomic E-state index is 13.4. The summed E-state index contributed by atoms with van der Waals surface area (Å²) in [4.78, 5) is 53.6. The molecule has 2 aliphatic heterocycles. The standard InChI is InChI=1S/C22H13N3O5S/c26-19(12-23-21(27)13-6-5-9-16(25(29)30)20(13)22(23)28)24-14-7-1-3-10-17(14)31-18-11-4-2-8-15(18)24/h1-11H,12H2. The minimum absolute atomic E-state index is 0.0676. The number of imide groups is 1. The Kier molecular flexibility index (Phi) is 4.33. The highest BCUT2D eigenvalue weighted by atomic mass is 32.2. The van der Waals surface area contributed by atoms with E-state index in [0.717, 1.165) is 14.7 Å². The smallest absolute Gasteiger partial charge is 0.277 e. The molecule has 3 amide bonds. The number of anilines is 2. The third kappa shape index (κ3) is 2.89. The predicted octanol–water partition coefficient (Wildman–Crippen LogP) is 4.02. The maximum atomic E-state index is 13.4. The van der Waals surface area contributed by atoms with Gasteiger partial charge < -0.3 is 0 Å². The van der Waals surface area contributed by atoms with Crippen LogP contribution in [0.15, 0.2) is 76.5 Å².